The van der Waals surface area contributed by atoms with Crippen LogP contribution in [0.25, 0.3) is 10.6 Å². The lowest BCUT2D eigenvalue weighted by molar-refractivity contribution is 0.0779. The lowest BCUT2D eigenvalue weighted by Crippen LogP contribution is -2.30. The van der Waals surface area contributed by atoms with Crippen LogP contribution in [-0.2, 0) is 5.88 Å². The first-order valence-corrected chi connectivity index (χ1v) is 8.29. The summed E-state index contributed by atoms with van der Waals surface area (Å²) in [7, 11) is 1.84. The number of rotatable bonds is 5. The van der Waals surface area contributed by atoms with E-state index in [2.05, 4.69) is 18.8 Å². The van der Waals surface area contributed by atoms with Crippen LogP contribution in [-0.4, -0.2) is 29.4 Å². The normalized spacial score (nSPS) is 10.9. The average molecular weight is 323 g/mol. The average Bonchev–Trinajstić information content (AvgIpc) is 2.95. The fourth-order valence-corrected chi connectivity index (χ4v) is 3.18. The van der Waals surface area contributed by atoms with E-state index in [0.29, 0.717) is 17.4 Å². The Morgan fingerprint density at radius 1 is 1.43 bits per heavy atom. The Morgan fingerprint density at radius 2 is 2.19 bits per heavy atom. The molecule has 0 radical (unpaired) electrons. The molecule has 1 aromatic heterocycles. The fraction of sp³-hybridized carbons (Fsp3) is 0.375. The molecule has 0 fully saturated rings. The zero-order chi connectivity index (χ0) is 15.4. The molecule has 21 heavy (non-hydrogen) atoms. The maximum Gasteiger partial charge on any atom is 0.253 e. The number of alkyl halides is 1. The minimum absolute atomic E-state index is 0.0414. The van der Waals surface area contributed by atoms with Crippen molar-refractivity contribution >= 4 is 28.8 Å². The minimum Gasteiger partial charge on any atom is -0.341 e. The van der Waals surface area contributed by atoms with Gasteiger partial charge in [0, 0.05) is 30.1 Å². The molecule has 1 aromatic carbocycles. The van der Waals surface area contributed by atoms with E-state index in [9.17, 15) is 4.79 Å². The van der Waals surface area contributed by atoms with Gasteiger partial charge in [0.2, 0.25) is 0 Å². The Morgan fingerprint density at radius 3 is 2.81 bits per heavy atom. The summed E-state index contributed by atoms with van der Waals surface area (Å²) in [5.41, 5.74) is 2.52. The monoisotopic (exact) mass is 322 g/mol. The van der Waals surface area contributed by atoms with Crippen LogP contribution in [0, 0.1) is 5.92 Å². The number of hydrogen-bond acceptors (Lipinski definition) is 3. The van der Waals surface area contributed by atoms with E-state index in [4.69, 9.17) is 11.6 Å². The largest absolute Gasteiger partial charge is 0.341 e. The predicted molar refractivity (Wildman–Crippen MR) is 88.9 cm³/mol. The van der Waals surface area contributed by atoms with Gasteiger partial charge in [-0.15, -0.1) is 22.9 Å². The molecule has 0 atom stereocenters. The highest BCUT2D eigenvalue weighted by Crippen LogP contribution is 2.25. The number of hydrogen-bond donors (Lipinski definition) is 0. The van der Waals surface area contributed by atoms with Gasteiger partial charge < -0.3 is 4.90 Å². The zero-order valence-corrected chi connectivity index (χ0v) is 14.0. The molecular formula is C16H19ClN2OS. The quantitative estimate of drug-likeness (QED) is 0.770. The zero-order valence-electron chi connectivity index (χ0n) is 12.5. The molecule has 0 aliphatic heterocycles. The summed E-state index contributed by atoms with van der Waals surface area (Å²) < 4.78 is 0. The van der Waals surface area contributed by atoms with Crippen LogP contribution in [0.15, 0.2) is 29.6 Å². The molecular weight excluding hydrogens is 304 g/mol. The summed E-state index contributed by atoms with van der Waals surface area (Å²) in [4.78, 5) is 18.6. The third kappa shape index (κ3) is 4.05. The number of carbonyl (C=O) groups is 1. The van der Waals surface area contributed by atoms with Gasteiger partial charge in [0.1, 0.15) is 5.01 Å². The van der Waals surface area contributed by atoms with Crippen molar-refractivity contribution in [3.05, 3.63) is 40.9 Å². The molecule has 0 N–H and O–H groups in total. The van der Waals surface area contributed by atoms with Crippen LogP contribution in [0.1, 0.15) is 29.9 Å². The molecule has 1 heterocycles. The standard InChI is InChI=1S/C16H19ClN2OS/c1-11(2)9-19(3)16(20)13-6-4-5-12(7-13)15-18-14(8-17)10-21-15/h4-7,10-11H,8-9H2,1-3H3. The van der Waals surface area contributed by atoms with E-state index in [1.165, 1.54) is 0 Å². The van der Waals surface area contributed by atoms with Gasteiger partial charge in [0.25, 0.3) is 5.91 Å². The Labute approximate surface area is 134 Å². The smallest absolute Gasteiger partial charge is 0.253 e. The van der Waals surface area contributed by atoms with Gasteiger partial charge in [0.15, 0.2) is 0 Å². The highest BCUT2D eigenvalue weighted by atomic mass is 35.5. The third-order valence-electron chi connectivity index (χ3n) is 3.03. The summed E-state index contributed by atoms with van der Waals surface area (Å²) in [6, 6.07) is 7.61. The Balaban J connectivity index is 2.23. The van der Waals surface area contributed by atoms with Crippen LogP contribution >= 0.6 is 22.9 Å². The van der Waals surface area contributed by atoms with Gasteiger partial charge in [-0.3, -0.25) is 4.79 Å². The van der Waals surface area contributed by atoms with E-state index in [0.717, 1.165) is 22.8 Å². The molecule has 0 saturated heterocycles. The second kappa shape index (κ2) is 7.05. The summed E-state index contributed by atoms with van der Waals surface area (Å²) in [5.74, 6) is 0.902. The van der Waals surface area contributed by atoms with Crippen molar-refractivity contribution in [2.75, 3.05) is 13.6 Å². The number of halogens is 1. The van der Waals surface area contributed by atoms with Crippen LogP contribution in [0.2, 0.25) is 0 Å². The van der Waals surface area contributed by atoms with Crippen molar-refractivity contribution in [1.29, 1.82) is 0 Å². The van der Waals surface area contributed by atoms with Crippen LogP contribution in [0.5, 0.6) is 0 Å². The van der Waals surface area contributed by atoms with Gasteiger partial charge in [0.05, 0.1) is 11.6 Å². The molecule has 5 heteroatoms. The molecule has 1 amide bonds. The first kappa shape index (κ1) is 16.0. The predicted octanol–water partition coefficient (Wildman–Crippen LogP) is 4.28. The van der Waals surface area contributed by atoms with Gasteiger partial charge in [-0.2, -0.15) is 0 Å². The Kier molecular flexibility index (Phi) is 5.37. The highest BCUT2D eigenvalue weighted by molar-refractivity contribution is 7.13. The van der Waals surface area contributed by atoms with Gasteiger partial charge in [-0.05, 0) is 18.1 Å². The number of carbonyl (C=O) groups excluding carboxylic acids is 1. The third-order valence-corrected chi connectivity index (χ3v) is 4.24. The SMILES string of the molecule is CC(C)CN(C)C(=O)c1cccc(-c2nc(CCl)cs2)c1. The van der Waals surface area contributed by atoms with Gasteiger partial charge in [-0.1, -0.05) is 26.0 Å². The molecule has 0 spiro atoms. The number of benzene rings is 1. The maximum atomic E-state index is 12.4. The molecule has 3 nitrogen and oxygen atoms in total. The Bertz CT molecular complexity index is 624. The first-order valence-electron chi connectivity index (χ1n) is 6.87. The first-order chi connectivity index (χ1) is 10.0. The summed E-state index contributed by atoms with van der Waals surface area (Å²) in [6.45, 7) is 4.95. The summed E-state index contributed by atoms with van der Waals surface area (Å²) in [5, 5.41) is 2.84. The van der Waals surface area contributed by atoms with Gasteiger partial charge in [-0.25, -0.2) is 4.98 Å². The Hall–Kier alpha value is -1.39. The van der Waals surface area contributed by atoms with Crippen LogP contribution in [0.3, 0.4) is 0 Å². The lowest BCUT2D eigenvalue weighted by atomic mass is 10.1. The van der Waals surface area contributed by atoms with Gasteiger partial charge >= 0.3 is 0 Å². The molecule has 0 saturated carbocycles. The van der Waals surface area contributed by atoms with E-state index < -0.39 is 0 Å². The van der Waals surface area contributed by atoms with Crippen molar-refractivity contribution in [2.24, 2.45) is 5.92 Å². The maximum absolute atomic E-state index is 12.4. The molecule has 112 valence electrons. The molecule has 2 aromatic rings. The number of nitrogens with zero attached hydrogens (tertiary/aromatic N) is 2. The van der Waals surface area contributed by atoms with Crippen LogP contribution in [0.4, 0.5) is 0 Å². The van der Waals surface area contributed by atoms with Crippen molar-refractivity contribution in [1.82, 2.24) is 9.88 Å². The van der Waals surface area contributed by atoms with E-state index in [-0.39, 0.29) is 5.91 Å². The second-order valence-electron chi connectivity index (χ2n) is 5.44. The molecule has 0 bridgehead atoms. The van der Waals surface area contributed by atoms with E-state index >= 15 is 0 Å². The van der Waals surface area contributed by atoms with Crippen LogP contribution < -0.4 is 0 Å². The number of aromatic nitrogens is 1. The number of amides is 1. The highest BCUT2D eigenvalue weighted by Gasteiger charge is 2.14. The van der Waals surface area contributed by atoms with E-state index in [1.807, 2.05) is 36.7 Å². The van der Waals surface area contributed by atoms with Crippen molar-refractivity contribution in [2.45, 2.75) is 19.7 Å². The minimum atomic E-state index is 0.0414. The molecule has 0 unspecified atom stereocenters. The lowest BCUT2D eigenvalue weighted by Gasteiger charge is -2.19. The van der Waals surface area contributed by atoms with E-state index in [1.54, 1.807) is 16.2 Å². The second-order valence-corrected chi connectivity index (χ2v) is 6.56. The van der Waals surface area contributed by atoms with Crippen molar-refractivity contribution in [3.63, 3.8) is 0 Å². The topological polar surface area (TPSA) is 33.2 Å². The van der Waals surface area contributed by atoms with Crippen molar-refractivity contribution < 1.29 is 4.79 Å². The van der Waals surface area contributed by atoms with Crippen molar-refractivity contribution in [3.8, 4) is 10.6 Å². The molecule has 0 aliphatic rings. The summed E-state index contributed by atoms with van der Waals surface area (Å²) >= 11 is 7.33. The molecule has 2 rings (SSSR count). The number of thiazole rings is 1. The fourth-order valence-electron chi connectivity index (χ4n) is 2.14. The summed E-state index contributed by atoms with van der Waals surface area (Å²) in [6.07, 6.45) is 0. The molecule has 0 aliphatic carbocycles.